The predicted molar refractivity (Wildman–Crippen MR) is 54.2 cm³/mol. The van der Waals surface area contributed by atoms with E-state index in [9.17, 15) is 0 Å². The summed E-state index contributed by atoms with van der Waals surface area (Å²) >= 11 is 0. The van der Waals surface area contributed by atoms with Crippen LogP contribution in [0.2, 0.25) is 0 Å². The van der Waals surface area contributed by atoms with Gasteiger partial charge in [0, 0.05) is 0 Å². The van der Waals surface area contributed by atoms with E-state index in [4.69, 9.17) is 5.26 Å². The van der Waals surface area contributed by atoms with Crippen molar-refractivity contribution in [3.05, 3.63) is 12.7 Å². The van der Waals surface area contributed by atoms with Gasteiger partial charge in [-0.15, -0.1) is 6.58 Å². The van der Waals surface area contributed by atoms with Gasteiger partial charge in [-0.05, 0) is 38.9 Å². The molecular formula is C11H18N2. The highest BCUT2D eigenvalue weighted by Gasteiger charge is 2.32. The molecule has 0 aromatic heterocycles. The van der Waals surface area contributed by atoms with Gasteiger partial charge in [0.2, 0.25) is 0 Å². The lowest BCUT2D eigenvalue weighted by atomic mass is 9.77. The molecule has 1 saturated heterocycles. The molecule has 13 heavy (non-hydrogen) atoms. The van der Waals surface area contributed by atoms with E-state index >= 15 is 0 Å². The highest BCUT2D eigenvalue weighted by Crippen LogP contribution is 2.34. The van der Waals surface area contributed by atoms with E-state index in [0.29, 0.717) is 0 Å². The predicted octanol–water partition coefficient (Wildman–Crippen LogP) is 2.19. The van der Waals surface area contributed by atoms with Gasteiger partial charge in [0.25, 0.3) is 0 Å². The van der Waals surface area contributed by atoms with Crippen molar-refractivity contribution in [3.8, 4) is 6.07 Å². The first-order chi connectivity index (χ1) is 6.26. The number of nitriles is 1. The van der Waals surface area contributed by atoms with E-state index in [1.54, 1.807) is 0 Å². The van der Waals surface area contributed by atoms with Crippen molar-refractivity contribution >= 4 is 0 Å². The minimum Gasteiger partial charge on any atom is -0.303 e. The molecule has 0 amide bonds. The lowest BCUT2D eigenvalue weighted by Crippen LogP contribution is -2.39. The van der Waals surface area contributed by atoms with Gasteiger partial charge < -0.3 is 4.90 Å². The van der Waals surface area contributed by atoms with Crippen LogP contribution in [0.25, 0.3) is 0 Å². The summed E-state index contributed by atoms with van der Waals surface area (Å²) in [7, 11) is 0. The monoisotopic (exact) mass is 178 g/mol. The maximum Gasteiger partial charge on any atom is 0.0694 e. The maximum absolute atomic E-state index is 9.12. The Balaban J connectivity index is 2.53. The van der Waals surface area contributed by atoms with Crippen molar-refractivity contribution in [1.82, 2.24) is 4.90 Å². The van der Waals surface area contributed by atoms with Gasteiger partial charge in [0.15, 0.2) is 0 Å². The second-order valence-corrected chi connectivity index (χ2v) is 3.82. The lowest BCUT2D eigenvalue weighted by Gasteiger charge is -2.36. The molecule has 0 aromatic carbocycles. The standard InChI is InChI=1S/C11H18N2/c1-3-5-11(10-12)6-8-13(4-2)9-7-11/h3H,1,4-9H2,2H3. The minimum absolute atomic E-state index is 0.104. The van der Waals surface area contributed by atoms with Crippen molar-refractivity contribution in [2.24, 2.45) is 5.41 Å². The third-order valence-electron chi connectivity index (χ3n) is 3.03. The zero-order valence-corrected chi connectivity index (χ0v) is 8.42. The Labute approximate surface area is 80.8 Å². The van der Waals surface area contributed by atoms with E-state index in [1.165, 1.54) is 0 Å². The van der Waals surface area contributed by atoms with E-state index < -0.39 is 0 Å². The molecular weight excluding hydrogens is 160 g/mol. The highest BCUT2D eigenvalue weighted by atomic mass is 15.1. The molecule has 0 unspecified atom stereocenters. The van der Waals surface area contributed by atoms with Gasteiger partial charge >= 0.3 is 0 Å². The lowest BCUT2D eigenvalue weighted by molar-refractivity contribution is 0.152. The van der Waals surface area contributed by atoms with E-state index in [2.05, 4.69) is 24.5 Å². The minimum atomic E-state index is -0.104. The van der Waals surface area contributed by atoms with Gasteiger partial charge in [-0.3, -0.25) is 0 Å². The third-order valence-corrected chi connectivity index (χ3v) is 3.03. The topological polar surface area (TPSA) is 27.0 Å². The summed E-state index contributed by atoms with van der Waals surface area (Å²) in [5, 5.41) is 9.12. The molecule has 0 aromatic rings. The van der Waals surface area contributed by atoms with Crippen LogP contribution in [0, 0.1) is 16.7 Å². The molecule has 1 fully saturated rings. The Hall–Kier alpha value is -0.810. The summed E-state index contributed by atoms with van der Waals surface area (Å²) in [6.07, 6.45) is 4.73. The molecule has 1 aliphatic heterocycles. The summed E-state index contributed by atoms with van der Waals surface area (Å²) in [5.74, 6) is 0. The third kappa shape index (κ3) is 2.32. The molecule has 1 aliphatic rings. The van der Waals surface area contributed by atoms with Crippen LogP contribution in [0.1, 0.15) is 26.2 Å². The maximum atomic E-state index is 9.12. The number of hydrogen-bond acceptors (Lipinski definition) is 2. The SMILES string of the molecule is C=CCC1(C#N)CCN(CC)CC1. The number of rotatable bonds is 3. The molecule has 2 nitrogen and oxygen atoms in total. The largest absolute Gasteiger partial charge is 0.303 e. The van der Waals surface area contributed by atoms with Crippen LogP contribution in [-0.4, -0.2) is 24.5 Å². The Morgan fingerprint density at radius 2 is 2.15 bits per heavy atom. The van der Waals surface area contributed by atoms with Gasteiger partial charge in [0.1, 0.15) is 0 Å². The van der Waals surface area contributed by atoms with Crippen LogP contribution >= 0.6 is 0 Å². The van der Waals surface area contributed by atoms with E-state index in [1.807, 2.05) is 6.08 Å². The average molecular weight is 178 g/mol. The molecule has 0 radical (unpaired) electrons. The van der Waals surface area contributed by atoms with Crippen molar-refractivity contribution in [1.29, 1.82) is 5.26 Å². The number of hydrogen-bond donors (Lipinski definition) is 0. The molecule has 2 heteroatoms. The van der Waals surface area contributed by atoms with E-state index in [-0.39, 0.29) is 5.41 Å². The first-order valence-electron chi connectivity index (χ1n) is 5.01. The van der Waals surface area contributed by atoms with Crippen LogP contribution in [-0.2, 0) is 0 Å². The van der Waals surface area contributed by atoms with Gasteiger partial charge in [-0.25, -0.2) is 0 Å². The van der Waals surface area contributed by atoms with Crippen LogP contribution in [0.15, 0.2) is 12.7 Å². The number of nitrogens with zero attached hydrogens (tertiary/aromatic N) is 2. The van der Waals surface area contributed by atoms with Gasteiger partial charge in [-0.1, -0.05) is 13.0 Å². The Morgan fingerprint density at radius 1 is 1.54 bits per heavy atom. The zero-order valence-electron chi connectivity index (χ0n) is 8.42. The zero-order chi connectivity index (χ0) is 9.73. The molecule has 0 N–H and O–H groups in total. The Bertz CT molecular complexity index is 207. The van der Waals surface area contributed by atoms with Crippen molar-refractivity contribution in [2.45, 2.75) is 26.2 Å². The number of allylic oxidation sites excluding steroid dienone is 1. The average Bonchev–Trinajstić information content (AvgIpc) is 2.19. The molecule has 1 heterocycles. The van der Waals surface area contributed by atoms with Crippen LogP contribution in [0.3, 0.4) is 0 Å². The molecule has 0 spiro atoms. The second-order valence-electron chi connectivity index (χ2n) is 3.82. The second kappa shape index (κ2) is 4.43. The summed E-state index contributed by atoms with van der Waals surface area (Å²) < 4.78 is 0. The number of piperidine rings is 1. The Morgan fingerprint density at radius 3 is 2.54 bits per heavy atom. The van der Waals surface area contributed by atoms with Crippen LogP contribution < -0.4 is 0 Å². The van der Waals surface area contributed by atoms with Crippen molar-refractivity contribution in [2.75, 3.05) is 19.6 Å². The smallest absolute Gasteiger partial charge is 0.0694 e. The number of likely N-dealkylation sites (tertiary alicyclic amines) is 1. The molecule has 0 bridgehead atoms. The summed E-state index contributed by atoms with van der Waals surface area (Å²) in [6.45, 7) is 9.14. The fraction of sp³-hybridized carbons (Fsp3) is 0.727. The quantitative estimate of drug-likeness (QED) is 0.619. The summed E-state index contributed by atoms with van der Waals surface area (Å²) in [5.41, 5.74) is -0.104. The normalized spacial score (nSPS) is 22.2. The fourth-order valence-corrected chi connectivity index (χ4v) is 1.94. The molecule has 1 rings (SSSR count). The van der Waals surface area contributed by atoms with Crippen molar-refractivity contribution in [3.63, 3.8) is 0 Å². The molecule has 0 atom stereocenters. The van der Waals surface area contributed by atoms with Gasteiger partial charge in [0.05, 0.1) is 11.5 Å². The van der Waals surface area contributed by atoms with Crippen LogP contribution in [0.4, 0.5) is 0 Å². The molecule has 72 valence electrons. The summed E-state index contributed by atoms with van der Waals surface area (Å²) in [4.78, 5) is 2.40. The van der Waals surface area contributed by atoms with Gasteiger partial charge in [-0.2, -0.15) is 5.26 Å². The fourth-order valence-electron chi connectivity index (χ4n) is 1.94. The van der Waals surface area contributed by atoms with Crippen molar-refractivity contribution < 1.29 is 0 Å². The first kappa shape index (κ1) is 10.3. The Kier molecular flexibility index (Phi) is 3.50. The summed E-state index contributed by atoms with van der Waals surface area (Å²) in [6, 6.07) is 2.47. The van der Waals surface area contributed by atoms with E-state index in [0.717, 1.165) is 38.9 Å². The molecule has 0 aliphatic carbocycles. The highest BCUT2D eigenvalue weighted by molar-refractivity contribution is 5.04. The first-order valence-corrected chi connectivity index (χ1v) is 5.01. The molecule has 0 saturated carbocycles. The van der Waals surface area contributed by atoms with Crippen LogP contribution in [0.5, 0.6) is 0 Å².